The average Bonchev–Trinajstić information content (AvgIpc) is 1.34. The van der Waals surface area contributed by atoms with Crippen molar-refractivity contribution in [3.63, 3.8) is 0 Å². The van der Waals surface area contributed by atoms with Crippen molar-refractivity contribution in [3.05, 3.63) is 320 Å². The summed E-state index contributed by atoms with van der Waals surface area (Å²) >= 11 is 0. The number of aryl methyl sites for hydroxylation is 1. The number of hydrogen-bond donors (Lipinski definition) is 5. The summed E-state index contributed by atoms with van der Waals surface area (Å²) in [6.07, 6.45) is 24.4. The number of ether oxygens (including phenoxy) is 2. The van der Waals surface area contributed by atoms with Crippen LogP contribution in [0.4, 0.5) is 37.2 Å². The van der Waals surface area contributed by atoms with Crippen molar-refractivity contribution in [2.75, 3.05) is 163 Å². The Hall–Kier alpha value is -15.4. The molecule has 0 radical (unpaired) electrons. The van der Waals surface area contributed by atoms with Gasteiger partial charge in [-0.25, -0.2) is 43.7 Å². The standard InChI is InChI=1S/C21H23N3O3.C20H20N6O.C19H18F2N4O.2C19H18N6O/c1-26-19-6-3-15(12-20(19)27-2)16-11-17-4-5-18(14-24(17)21(25)13-16)23-9-7-22-8-10-23;1-14-11-25-12-15(2-4-18(25)22-14)17-10-20(27)26-13-16(3-5-19(26)23-17)24-8-6-21-7-9-24;1-12-10-24(5-4-22-12)16-2-3-18-23-17(9-19(26)25(18)11-16)13-6-14(20)8-15(21)7-13;26-19-11-16(14-1-3-17-21-7-10-24(17)12-14)22-18-4-2-15(13-25(18)19)23-8-5-20-6-9-23;26-19-12-16(14-3-7-24-10-6-21-18(24)11-14)22-17-2-1-15(13-25(17)19)23-8-4-20-5-9-23/h3-6,11-14,22H,7-10H2,1-2H3;2-5,10-13,21H,6-9H2,1H3;2-3,6-9,11-12,22H,4-5,10H2,1H3;1-4,7,10-13,20H,5-6,8-9H2;1-3,6-7,10-13,20H,4-5,8-9H2/t;;12-;;/m..0../s1. The van der Waals surface area contributed by atoms with E-state index in [1.54, 1.807) is 80.7 Å². The van der Waals surface area contributed by atoms with Crippen LogP contribution in [0.1, 0.15) is 12.6 Å². The third-order valence-electron chi connectivity index (χ3n) is 24.1. The first-order valence-corrected chi connectivity index (χ1v) is 44.0. The molecule has 16 aromatic heterocycles. The maximum Gasteiger partial charge on any atom is 0.258 e. The van der Waals surface area contributed by atoms with E-state index in [0.717, 1.165) is 227 Å². The van der Waals surface area contributed by atoms with Gasteiger partial charge >= 0.3 is 0 Å². The lowest BCUT2D eigenvalue weighted by Crippen LogP contribution is -2.49. The van der Waals surface area contributed by atoms with E-state index in [-0.39, 0.29) is 39.1 Å². The molecule has 18 aromatic rings. The Labute approximate surface area is 754 Å². The molecule has 670 valence electrons. The molecule has 0 spiro atoms. The monoisotopic (exact) mass is 1770 g/mol. The first-order chi connectivity index (χ1) is 64.4. The number of fused-ring (bicyclic) bond motifs is 8. The van der Waals surface area contributed by atoms with Crippen LogP contribution in [0.25, 0.3) is 101 Å². The summed E-state index contributed by atoms with van der Waals surface area (Å²) in [5, 5.41) is 16.8. The van der Waals surface area contributed by atoms with Crippen LogP contribution in [0.5, 0.6) is 11.5 Å². The summed E-state index contributed by atoms with van der Waals surface area (Å²) in [4.78, 5) is 106. The van der Waals surface area contributed by atoms with Crippen LogP contribution < -0.4 is 88.4 Å². The number of halogens is 2. The Morgan fingerprint density at radius 2 is 0.727 bits per heavy atom. The van der Waals surface area contributed by atoms with Crippen molar-refractivity contribution in [2.24, 2.45) is 0 Å². The van der Waals surface area contributed by atoms with E-state index in [9.17, 15) is 32.8 Å². The minimum absolute atomic E-state index is 0.0470. The van der Waals surface area contributed by atoms with E-state index in [1.165, 1.54) is 10.5 Å². The van der Waals surface area contributed by atoms with Gasteiger partial charge in [-0.15, -0.1) is 0 Å². The van der Waals surface area contributed by atoms with Crippen molar-refractivity contribution < 1.29 is 18.3 Å². The lowest BCUT2D eigenvalue weighted by Gasteiger charge is -2.33. The number of aromatic nitrogens is 15. The van der Waals surface area contributed by atoms with Gasteiger partial charge in [0.1, 0.15) is 51.2 Å². The number of pyridine rings is 9. The van der Waals surface area contributed by atoms with E-state index >= 15 is 0 Å². The summed E-state index contributed by atoms with van der Waals surface area (Å²) in [6.45, 7) is 21.9. The van der Waals surface area contributed by atoms with Crippen molar-refractivity contribution in [1.29, 1.82) is 0 Å². The van der Waals surface area contributed by atoms with E-state index in [4.69, 9.17) is 14.5 Å². The van der Waals surface area contributed by atoms with Crippen molar-refractivity contribution in [1.82, 2.24) is 96.7 Å². The highest BCUT2D eigenvalue weighted by molar-refractivity contribution is 5.74. The summed E-state index contributed by atoms with van der Waals surface area (Å²) in [6, 6.07) is 50.2. The van der Waals surface area contributed by atoms with Gasteiger partial charge in [-0.2, -0.15) is 0 Å². The zero-order chi connectivity index (χ0) is 90.5. The van der Waals surface area contributed by atoms with Crippen LogP contribution in [-0.4, -0.2) is 215 Å². The van der Waals surface area contributed by atoms with E-state index in [1.807, 2.05) is 191 Å². The molecule has 34 heteroatoms. The van der Waals surface area contributed by atoms with Gasteiger partial charge in [0.15, 0.2) is 11.5 Å². The molecule has 21 heterocycles. The molecule has 0 unspecified atom stereocenters. The third-order valence-corrected chi connectivity index (χ3v) is 24.1. The van der Waals surface area contributed by atoms with Crippen LogP contribution >= 0.6 is 0 Å². The van der Waals surface area contributed by atoms with Gasteiger partial charge in [0.25, 0.3) is 27.8 Å². The molecule has 5 aliphatic heterocycles. The van der Waals surface area contributed by atoms with Gasteiger partial charge in [0.2, 0.25) is 0 Å². The second kappa shape index (κ2) is 38.1. The predicted octanol–water partition coefficient (Wildman–Crippen LogP) is 9.40. The van der Waals surface area contributed by atoms with Crippen molar-refractivity contribution >= 4 is 73.5 Å². The highest BCUT2D eigenvalue weighted by Crippen LogP contribution is 2.34. The van der Waals surface area contributed by atoms with Crippen LogP contribution in [0.2, 0.25) is 0 Å². The number of benzene rings is 2. The quantitative estimate of drug-likeness (QED) is 0.0760. The second-order valence-electron chi connectivity index (χ2n) is 32.9. The third kappa shape index (κ3) is 18.9. The van der Waals surface area contributed by atoms with Crippen LogP contribution in [0, 0.1) is 18.6 Å². The Kier molecular flexibility index (Phi) is 24.9. The lowest BCUT2D eigenvalue weighted by molar-refractivity contribution is 0.355. The molecule has 0 bridgehead atoms. The largest absolute Gasteiger partial charge is 0.493 e. The highest BCUT2D eigenvalue weighted by Gasteiger charge is 2.22. The van der Waals surface area contributed by atoms with Gasteiger partial charge in [0, 0.05) is 275 Å². The molecule has 1 atom stereocenters. The van der Waals surface area contributed by atoms with Gasteiger partial charge in [-0.3, -0.25) is 46.0 Å². The van der Waals surface area contributed by atoms with E-state index < -0.39 is 11.6 Å². The Balaban J connectivity index is 0.000000107. The zero-order valence-corrected chi connectivity index (χ0v) is 73.2. The van der Waals surface area contributed by atoms with Crippen LogP contribution in [-0.2, 0) is 0 Å². The summed E-state index contributed by atoms with van der Waals surface area (Å²) in [7, 11) is 3.21. The smallest absolute Gasteiger partial charge is 0.258 e. The van der Waals surface area contributed by atoms with E-state index in [0.29, 0.717) is 57.2 Å². The fourth-order valence-electron chi connectivity index (χ4n) is 17.3. The van der Waals surface area contributed by atoms with Crippen molar-refractivity contribution in [3.8, 4) is 67.7 Å². The Bertz CT molecular complexity index is 7450. The molecule has 0 saturated carbocycles. The number of nitrogens with zero attached hydrogens (tertiary/aromatic N) is 20. The Morgan fingerprint density at radius 3 is 1.22 bits per heavy atom. The van der Waals surface area contributed by atoms with Gasteiger partial charge in [-0.05, 0) is 152 Å². The fraction of sp³-hybridized carbons (Fsp3) is 0.245. The van der Waals surface area contributed by atoms with E-state index in [2.05, 4.69) is 94.0 Å². The summed E-state index contributed by atoms with van der Waals surface area (Å²) < 4.78 is 51.4. The van der Waals surface area contributed by atoms with Crippen molar-refractivity contribution in [2.45, 2.75) is 19.9 Å². The molecular weight excluding hydrogens is 1680 g/mol. The normalized spacial score (nSPS) is 15.4. The van der Waals surface area contributed by atoms with Gasteiger partial charge in [0.05, 0.1) is 71.1 Å². The lowest BCUT2D eigenvalue weighted by atomic mass is 10.1. The first-order valence-electron chi connectivity index (χ1n) is 44.0. The predicted molar refractivity (Wildman–Crippen MR) is 511 cm³/mol. The zero-order valence-electron chi connectivity index (χ0n) is 73.2. The first kappa shape index (κ1) is 86.0. The summed E-state index contributed by atoms with van der Waals surface area (Å²) in [5.41, 5.74) is 18.3. The molecule has 132 heavy (non-hydrogen) atoms. The molecule has 0 aliphatic carbocycles. The Morgan fingerprint density at radius 1 is 0.318 bits per heavy atom. The average molecular weight is 1780 g/mol. The molecule has 5 saturated heterocycles. The minimum atomic E-state index is -0.704. The second-order valence-corrected chi connectivity index (χ2v) is 32.9. The molecule has 2 aromatic carbocycles. The molecular formula is C98H97F2N25O7. The number of rotatable bonds is 12. The maximum atomic E-state index is 13.5. The van der Waals surface area contributed by atoms with Crippen LogP contribution in [0.15, 0.2) is 274 Å². The number of hydrogen-bond acceptors (Lipinski definition) is 24. The van der Waals surface area contributed by atoms with Crippen LogP contribution in [0.3, 0.4) is 0 Å². The molecule has 5 N–H and O–H groups in total. The minimum Gasteiger partial charge on any atom is -0.493 e. The van der Waals surface area contributed by atoms with Gasteiger partial charge < -0.3 is 73.8 Å². The molecule has 5 aliphatic rings. The number of methoxy groups -OCH3 is 2. The fourth-order valence-corrected chi connectivity index (χ4v) is 17.3. The molecule has 5 fully saturated rings. The number of anilines is 5. The summed E-state index contributed by atoms with van der Waals surface area (Å²) in [5.74, 6) is -0.0981. The molecule has 0 amide bonds. The number of nitrogens with one attached hydrogen (secondary N) is 5. The highest BCUT2D eigenvalue weighted by atomic mass is 19.1. The maximum absolute atomic E-state index is 13.5. The SMILES string of the molecule is COc1ccc(-c2cc(=O)n3cc(N4CCNCC4)ccc3c2)cc1OC.C[C@H]1CN(c2ccc3nc(-c4cc(F)cc(F)c4)cc(=O)n3c2)CCN1.Cc1cn2cc(-c3cc(=O)n4cc(N5CCNCC5)ccc4n3)ccc2n1.O=c1cc(-c2ccc3nccn3c2)nc2ccc(N3CCNCC3)cn12.O=c1cc(-c2ccn3ccnc3c2)nc2ccc(N3CCNCC3)cn12. The topological polar surface area (TPSA) is 306 Å². The number of piperazine rings is 5. The number of imidazole rings is 3. The molecule has 32 nitrogen and oxygen atoms in total. The van der Waals surface area contributed by atoms with Gasteiger partial charge in [-0.1, -0.05) is 6.07 Å². The molecule has 23 rings (SSSR count).